The van der Waals surface area contributed by atoms with Gasteiger partial charge in [-0.15, -0.1) is 0 Å². The van der Waals surface area contributed by atoms with Gasteiger partial charge in [0.25, 0.3) is 5.91 Å². The molecule has 5 nitrogen and oxygen atoms in total. The first-order valence-corrected chi connectivity index (χ1v) is 8.08. The smallest absolute Gasteiger partial charge is 0.254 e. The summed E-state index contributed by atoms with van der Waals surface area (Å²) < 4.78 is 10.5. The van der Waals surface area contributed by atoms with Gasteiger partial charge in [0, 0.05) is 12.1 Å². The zero-order chi connectivity index (χ0) is 18.4. The highest BCUT2D eigenvalue weighted by atomic mass is 16.5. The second-order valence-corrected chi connectivity index (χ2v) is 5.57. The zero-order valence-electron chi connectivity index (χ0n) is 14.9. The Balaban J connectivity index is 2.29. The van der Waals surface area contributed by atoms with Crippen LogP contribution in [0.1, 0.15) is 41.4 Å². The molecular weight excluding hydrogens is 316 g/mol. The van der Waals surface area contributed by atoms with Crippen LogP contribution >= 0.6 is 0 Å². The van der Waals surface area contributed by atoms with Crippen molar-refractivity contribution in [1.29, 1.82) is 5.26 Å². The van der Waals surface area contributed by atoms with Gasteiger partial charge < -0.3 is 14.4 Å². The van der Waals surface area contributed by atoms with Crippen LogP contribution in [0, 0.1) is 11.3 Å². The lowest BCUT2D eigenvalue weighted by Gasteiger charge is -2.29. The molecule has 0 bridgehead atoms. The van der Waals surface area contributed by atoms with Crippen LogP contribution in [0.25, 0.3) is 0 Å². The molecule has 0 aliphatic carbocycles. The number of amides is 1. The second-order valence-electron chi connectivity index (χ2n) is 5.57. The Morgan fingerprint density at radius 1 is 1.12 bits per heavy atom. The fraction of sp³-hybridized carbons (Fsp3) is 0.300. The molecule has 0 saturated carbocycles. The van der Waals surface area contributed by atoms with Crippen LogP contribution in [0.2, 0.25) is 0 Å². The standard InChI is InChI=1S/C20H22N2O3/c1-5-22(14(2)16-8-6-15(13-21)7-9-16)20(23)17-10-11-18(24-3)19(12-17)25-4/h6-12,14H,5H2,1-4H3. The van der Waals surface area contributed by atoms with E-state index in [-0.39, 0.29) is 11.9 Å². The van der Waals surface area contributed by atoms with E-state index in [0.717, 1.165) is 5.56 Å². The van der Waals surface area contributed by atoms with E-state index in [4.69, 9.17) is 14.7 Å². The number of carbonyl (C=O) groups excluding carboxylic acids is 1. The summed E-state index contributed by atoms with van der Waals surface area (Å²) in [5.41, 5.74) is 2.12. The summed E-state index contributed by atoms with van der Waals surface area (Å²) in [5, 5.41) is 8.91. The van der Waals surface area contributed by atoms with Gasteiger partial charge in [0.2, 0.25) is 0 Å². The lowest BCUT2D eigenvalue weighted by molar-refractivity contribution is 0.0702. The molecule has 0 saturated heterocycles. The molecule has 1 unspecified atom stereocenters. The number of carbonyl (C=O) groups is 1. The van der Waals surface area contributed by atoms with E-state index in [9.17, 15) is 4.79 Å². The monoisotopic (exact) mass is 338 g/mol. The fourth-order valence-electron chi connectivity index (χ4n) is 2.74. The van der Waals surface area contributed by atoms with E-state index in [1.165, 1.54) is 0 Å². The first kappa shape index (κ1) is 18.3. The highest BCUT2D eigenvalue weighted by Crippen LogP contribution is 2.29. The van der Waals surface area contributed by atoms with Gasteiger partial charge in [0.15, 0.2) is 11.5 Å². The van der Waals surface area contributed by atoms with Gasteiger partial charge in [0.1, 0.15) is 0 Å². The highest BCUT2D eigenvalue weighted by molar-refractivity contribution is 5.95. The van der Waals surface area contributed by atoms with Crippen LogP contribution in [0.5, 0.6) is 11.5 Å². The number of nitrogens with zero attached hydrogens (tertiary/aromatic N) is 2. The van der Waals surface area contributed by atoms with Gasteiger partial charge in [-0.1, -0.05) is 12.1 Å². The first-order valence-electron chi connectivity index (χ1n) is 8.08. The third-order valence-electron chi connectivity index (χ3n) is 4.22. The molecule has 0 heterocycles. The summed E-state index contributed by atoms with van der Waals surface area (Å²) in [7, 11) is 3.10. The molecule has 5 heteroatoms. The van der Waals surface area contributed by atoms with E-state index in [1.54, 1.807) is 49.5 Å². The summed E-state index contributed by atoms with van der Waals surface area (Å²) >= 11 is 0. The molecule has 0 aromatic heterocycles. The lowest BCUT2D eigenvalue weighted by atomic mass is 10.0. The fourth-order valence-corrected chi connectivity index (χ4v) is 2.74. The molecule has 1 atom stereocenters. The molecule has 0 aliphatic heterocycles. The average molecular weight is 338 g/mol. The number of methoxy groups -OCH3 is 2. The number of ether oxygens (including phenoxy) is 2. The van der Waals surface area contributed by atoms with Gasteiger partial charge in [-0.05, 0) is 49.7 Å². The van der Waals surface area contributed by atoms with Gasteiger partial charge in [0.05, 0.1) is 31.9 Å². The van der Waals surface area contributed by atoms with E-state index in [2.05, 4.69) is 6.07 Å². The van der Waals surface area contributed by atoms with E-state index in [0.29, 0.717) is 29.2 Å². The van der Waals surface area contributed by atoms with E-state index in [1.807, 2.05) is 26.0 Å². The molecule has 25 heavy (non-hydrogen) atoms. The van der Waals surface area contributed by atoms with Gasteiger partial charge in [-0.3, -0.25) is 4.79 Å². The van der Waals surface area contributed by atoms with E-state index < -0.39 is 0 Å². The topological polar surface area (TPSA) is 62.6 Å². The molecule has 1 amide bonds. The minimum atomic E-state index is -0.113. The van der Waals surface area contributed by atoms with Gasteiger partial charge >= 0.3 is 0 Å². The molecule has 2 aromatic rings. The van der Waals surface area contributed by atoms with Crippen LogP contribution in [0.3, 0.4) is 0 Å². The lowest BCUT2D eigenvalue weighted by Crippen LogP contribution is -2.33. The van der Waals surface area contributed by atoms with Crippen LogP contribution in [0.15, 0.2) is 42.5 Å². The minimum absolute atomic E-state index is 0.0830. The van der Waals surface area contributed by atoms with Crippen molar-refractivity contribution in [1.82, 2.24) is 4.90 Å². The minimum Gasteiger partial charge on any atom is -0.493 e. The molecule has 2 aromatic carbocycles. The molecule has 0 N–H and O–H groups in total. The Morgan fingerprint density at radius 2 is 1.76 bits per heavy atom. The normalized spacial score (nSPS) is 11.3. The summed E-state index contributed by atoms with van der Waals surface area (Å²) in [6, 6.07) is 14.4. The summed E-state index contributed by atoms with van der Waals surface area (Å²) in [6.07, 6.45) is 0. The third-order valence-corrected chi connectivity index (χ3v) is 4.22. The molecule has 0 fully saturated rings. The highest BCUT2D eigenvalue weighted by Gasteiger charge is 2.22. The Bertz CT molecular complexity index is 779. The van der Waals surface area contributed by atoms with Crippen LogP contribution in [0.4, 0.5) is 0 Å². The zero-order valence-corrected chi connectivity index (χ0v) is 14.9. The molecule has 130 valence electrons. The van der Waals surface area contributed by atoms with Crippen molar-refractivity contribution in [2.24, 2.45) is 0 Å². The second kappa shape index (κ2) is 8.20. The molecule has 0 spiro atoms. The predicted octanol–water partition coefficient (Wildman–Crippen LogP) is 3.80. The Kier molecular flexibility index (Phi) is 6.02. The Labute approximate surface area is 148 Å². The first-order chi connectivity index (χ1) is 12.0. The van der Waals surface area contributed by atoms with Crippen molar-refractivity contribution in [3.05, 3.63) is 59.2 Å². The van der Waals surface area contributed by atoms with Crippen molar-refractivity contribution in [3.63, 3.8) is 0 Å². The predicted molar refractivity (Wildman–Crippen MR) is 95.8 cm³/mol. The molecular formula is C20H22N2O3. The van der Waals surface area contributed by atoms with E-state index >= 15 is 0 Å². The molecule has 2 rings (SSSR count). The van der Waals surface area contributed by atoms with Crippen molar-refractivity contribution in [2.75, 3.05) is 20.8 Å². The quantitative estimate of drug-likeness (QED) is 0.804. The largest absolute Gasteiger partial charge is 0.493 e. The molecule has 0 aliphatic rings. The number of hydrogen-bond acceptors (Lipinski definition) is 4. The summed E-state index contributed by atoms with van der Waals surface area (Å²) in [6.45, 7) is 4.48. The SMILES string of the molecule is CCN(C(=O)c1ccc(OC)c(OC)c1)C(C)c1ccc(C#N)cc1. The average Bonchev–Trinajstić information content (AvgIpc) is 2.67. The summed E-state index contributed by atoms with van der Waals surface area (Å²) in [4.78, 5) is 14.7. The maximum atomic E-state index is 13.0. The van der Waals surface area contributed by atoms with Crippen LogP contribution in [-0.2, 0) is 0 Å². The van der Waals surface area contributed by atoms with Gasteiger partial charge in [-0.2, -0.15) is 5.26 Å². The van der Waals surface area contributed by atoms with Gasteiger partial charge in [-0.25, -0.2) is 0 Å². The van der Waals surface area contributed by atoms with Crippen molar-refractivity contribution >= 4 is 5.91 Å². The number of hydrogen-bond donors (Lipinski definition) is 0. The van der Waals surface area contributed by atoms with Crippen molar-refractivity contribution < 1.29 is 14.3 Å². The Morgan fingerprint density at radius 3 is 2.28 bits per heavy atom. The van der Waals surface area contributed by atoms with Crippen LogP contribution < -0.4 is 9.47 Å². The number of nitriles is 1. The Hall–Kier alpha value is -3.00. The number of rotatable bonds is 6. The van der Waals surface area contributed by atoms with Crippen molar-refractivity contribution in [3.8, 4) is 17.6 Å². The summed E-state index contributed by atoms with van der Waals surface area (Å²) in [5.74, 6) is 1.03. The van der Waals surface area contributed by atoms with Crippen LogP contribution in [-0.4, -0.2) is 31.6 Å². The maximum Gasteiger partial charge on any atom is 0.254 e. The third kappa shape index (κ3) is 3.92. The number of benzene rings is 2. The molecule has 0 radical (unpaired) electrons. The van der Waals surface area contributed by atoms with Crippen molar-refractivity contribution in [2.45, 2.75) is 19.9 Å². The maximum absolute atomic E-state index is 13.0.